The topological polar surface area (TPSA) is 188 Å². The number of rotatable bonds is 6. The molecule has 1 unspecified atom stereocenters. The molecule has 1 aromatic carbocycles. The van der Waals surface area contributed by atoms with Gasteiger partial charge in [0, 0.05) is 34.4 Å². The molecule has 0 aliphatic heterocycles. The van der Waals surface area contributed by atoms with Crippen LogP contribution in [0, 0.1) is 22.7 Å². The number of carbonyl (C=O) groups excluding carboxylic acids is 2. The molecule has 0 saturated heterocycles. The van der Waals surface area contributed by atoms with Gasteiger partial charge in [0.05, 0.1) is 24.9 Å². The highest BCUT2D eigenvalue weighted by Gasteiger charge is 2.76. The molecule has 8 N–H and O–H groups in total. The average molecular weight is 634 g/mol. The van der Waals surface area contributed by atoms with Gasteiger partial charge in [-0.2, -0.15) is 0 Å². The number of alkyl halides is 1. The Hall–Kier alpha value is -2.51. The van der Waals surface area contributed by atoms with Crippen LogP contribution in [-0.2, 0) is 16.2 Å². The smallest absolute Gasteiger partial charge is 0.192 e. The molecular formula is C34H48FNO9. The number of Topliss-reactive ketones (excluding diaryl/α,β-unsaturated/α-hetero) is 1. The highest BCUT2D eigenvalue weighted by Crippen LogP contribution is 2.69. The van der Waals surface area contributed by atoms with Crippen molar-refractivity contribution in [2.45, 2.75) is 102 Å². The van der Waals surface area contributed by atoms with E-state index in [-0.39, 0.29) is 36.5 Å². The maximum absolute atomic E-state index is 16.8. The lowest BCUT2D eigenvalue weighted by Crippen LogP contribution is -2.69. The monoisotopic (exact) mass is 633 g/mol. The lowest BCUT2D eigenvalue weighted by molar-refractivity contribution is -0.222. The van der Waals surface area contributed by atoms with Gasteiger partial charge in [0.1, 0.15) is 12.4 Å². The molecule has 0 amide bonds. The van der Waals surface area contributed by atoms with Gasteiger partial charge in [-0.15, -0.1) is 0 Å². The molecule has 5 rings (SSSR count). The third kappa shape index (κ3) is 5.71. The number of allylic oxidation sites excluding steroid dienone is 4. The van der Waals surface area contributed by atoms with Crippen LogP contribution >= 0.6 is 0 Å². The van der Waals surface area contributed by atoms with Gasteiger partial charge in [-0.1, -0.05) is 24.6 Å². The van der Waals surface area contributed by atoms with E-state index in [1.165, 1.54) is 24.3 Å². The van der Waals surface area contributed by atoms with Gasteiger partial charge in [0.2, 0.25) is 0 Å². The van der Waals surface area contributed by atoms with E-state index >= 15 is 4.39 Å². The Morgan fingerprint density at radius 3 is 2.40 bits per heavy atom. The number of aromatic hydroxyl groups is 1. The number of halogens is 1. The van der Waals surface area contributed by atoms with Crippen LogP contribution in [0.15, 0.2) is 42.0 Å². The minimum Gasteiger partial charge on any atom is -0.508 e. The van der Waals surface area contributed by atoms with E-state index in [1.54, 1.807) is 26.0 Å². The Morgan fingerprint density at radius 2 is 1.80 bits per heavy atom. The van der Waals surface area contributed by atoms with Gasteiger partial charge < -0.3 is 41.1 Å². The van der Waals surface area contributed by atoms with Crippen LogP contribution in [0.25, 0.3) is 0 Å². The number of benzene rings is 1. The summed E-state index contributed by atoms with van der Waals surface area (Å²) >= 11 is 0. The Kier molecular flexibility index (Phi) is 9.63. The van der Waals surface area contributed by atoms with Crippen LogP contribution in [0.3, 0.4) is 0 Å². The van der Waals surface area contributed by atoms with Crippen molar-refractivity contribution in [1.29, 1.82) is 0 Å². The largest absolute Gasteiger partial charge is 0.508 e. The summed E-state index contributed by atoms with van der Waals surface area (Å²) in [6.07, 6.45) is 1.28. The normalized spacial score (nSPS) is 37.9. The molecule has 45 heavy (non-hydrogen) atoms. The second-order valence-corrected chi connectivity index (χ2v) is 14.6. The van der Waals surface area contributed by atoms with E-state index in [4.69, 9.17) is 5.11 Å². The fourth-order valence-electron chi connectivity index (χ4n) is 8.31. The zero-order valence-corrected chi connectivity index (χ0v) is 26.6. The van der Waals surface area contributed by atoms with Crippen molar-refractivity contribution in [3.8, 4) is 5.75 Å². The minimum absolute atomic E-state index is 0.0135. The first-order valence-corrected chi connectivity index (χ1v) is 15.5. The fraction of sp³-hybridized carbons (Fsp3) is 0.647. The van der Waals surface area contributed by atoms with Crippen LogP contribution < -0.4 is 5.32 Å². The lowest BCUT2D eigenvalue weighted by atomic mass is 9.44. The summed E-state index contributed by atoms with van der Waals surface area (Å²) in [6.45, 7) is 8.60. The first-order valence-electron chi connectivity index (χ1n) is 15.5. The molecular weight excluding hydrogens is 585 g/mol. The number of hydrogen-bond acceptors (Lipinski definition) is 10. The average Bonchev–Trinajstić information content (AvgIpc) is 3.18. The van der Waals surface area contributed by atoms with Gasteiger partial charge in [0.15, 0.2) is 22.8 Å². The van der Waals surface area contributed by atoms with E-state index < -0.39 is 64.6 Å². The first-order chi connectivity index (χ1) is 20.8. The third-order valence-electron chi connectivity index (χ3n) is 10.9. The molecule has 10 nitrogen and oxygen atoms in total. The number of fused-ring (bicyclic) bond motifs is 5. The summed E-state index contributed by atoms with van der Waals surface area (Å²) in [5, 5.41) is 73.7. The number of hydrogen-bond donors (Lipinski definition) is 8. The molecule has 3 saturated carbocycles. The predicted molar refractivity (Wildman–Crippen MR) is 164 cm³/mol. The van der Waals surface area contributed by atoms with Gasteiger partial charge >= 0.3 is 0 Å². The molecule has 3 fully saturated rings. The maximum atomic E-state index is 16.8. The highest BCUT2D eigenvalue weighted by molar-refractivity contribution is 6.01. The van der Waals surface area contributed by atoms with E-state index in [0.717, 1.165) is 0 Å². The number of β-amino-alcohol motifs (C(OH)–C–C–N with tert-alkyl or cyclic N) is 1. The fourth-order valence-corrected chi connectivity index (χ4v) is 8.31. The summed E-state index contributed by atoms with van der Waals surface area (Å²) < 4.78 is 16.8. The van der Waals surface area contributed by atoms with Crippen LogP contribution in [0.4, 0.5) is 4.39 Å². The van der Waals surface area contributed by atoms with E-state index in [1.807, 2.05) is 20.8 Å². The van der Waals surface area contributed by atoms with Gasteiger partial charge in [0.25, 0.3) is 0 Å². The van der Waals surface area contributed by atoms with E-state index in [2.05, 4.69) is 5.32 Å². The molecule has 1 aromatic rings. The summed E-state index contributed by atoms with van der Waals surface area (Å²) in [6, 6.07) is 4.76. The molecule has 9 atom stereocenters. The number of carbonyl (C=O) groups is 2. The zero-order chi connectivity index (χ0) is 33.8. The van der Waals surface area contributed by atoms with E-state index in [9.17, 15) is 40.2 Å². The van der Waals surface area contributed by atoms with Gasteiger partial charge in [-0.25, -0.2) is 4.39 Å². The predicted octanol–water partition coefficient (Wildman–Crippen LogP) is 1.93. The molecule has 0 heterocycles. The summed E-state index contributed by atoms with van der Waals surface area (Å²) in [5.41, 5.74) is -5.06. The second-order valence-electron chi connectivity index (χ2n) is 14.6. The Balaban J connectivity index is 0.000000233. The molecule has 250 valence electrons. The Labute approximate surface area is 263 Å². The second kappa shape index (κ2) is 12.3. The molecule has 0 bridgehead atoms. The first kappa shape index (κ1) is 35.3. The number of ketones is 2. The third-order valence-corrected chi connectivity index (χ3v) is 10.9. The minimum atomic E-state index is -2.23. The summed E-state index contributed by atoms with van der Waals surface area (Å²) in [7, 11) is 0. The zero-order valence-electron chi connectivity index (χ0n) is 26.6. The summed E-state index contributed by atoms with van der Waals surface area (Å²) in [4.78, 5) is 24.2. The number of aliphatic hydroxyl groups excluding tert-OH is 5. The molecule has 4 aliphatic carbocycles. The Morgan fingerprint density at radius 1 is 1.13 bits per heavy atom. The van der Waals surface area contributed by atoms with Crippen molar-refractivity contribution in [3.63, 3.8) is 0 Å². The quantitative estimate of drug-likeness (QED) is 0.230. The van der Waals surface area contributed by atoms with Crippen LogP contribution in [-0.4, -0.2) is 89.5 Å². The van der Waals surface area contributed by atoms with Crippen LogP contribution in [0.2, 0.25) is 0 Å². The molecule has 4 aliphatic rings. The van der Waals surface area contributed by atoms with E-state index in [0.29, 0.717) is 36.1 Å². The number of nitrogens with one attached hydrogen (secondary N) is 1. The van der Waals surface area contributed by atoms with Crippen molar-refractivity contribution < 1.29 is 49.7 Å². The van der Waals surface area contributed by atoms with Crippen molar-refractivity contribution in [1.82, 2.24) is 5.32 Å². The molecule has 0 spiro atoms. The molecule has 11 heteroatoms. The number of aliphatic hydroxyl groups is 6. The highest BCUT2D eigenvalue weighted by atomic mass is 19.1. The van der Waals surface area contributed by atoms with Crippen molar-refractivity contribution in [3.05, 3.63) is 53.1 Å². The lowest BCUT2D eigenvalue weighted by Gasteiger charge is -2.62. The van der Waals surface area contributed by atoms with Crippen LogP contribution in [0.5, 0.6) is 5.75 Å². The molecule has 0 radical (unpaired) electrons. The maximum Gasteiger partial charge on any atom is 0.192 e. The summed E-state index contributed by atoms with van der Waals surface area (Å²) in [5.74, 6) is -2.33. The Bertz CT molecular complexity index is 1370. The SMILES string of the molecule is CC(C)(C)NCC(O)c1ccc(O)c(CO)c1.C[C@]12C=CC(=O)C=C1CC[C@H]1[C@@H]3C[C@@H](O)[C@](O)(C(=O)CO)[C@@]3(C)C[C@H](O)[C@@]12F. The molecule has 0 aromatic heterocycles. The van der Waals surface area contributed by atoms with Crippen molar-refractivity contribution in [2.24, 2.45) is 22.7 Å². The van der Waals surface area contributed by atoms with Gasteiger partial charge in [-0.3, -0.25) is 9.59 Å². The van der Waals surface area contributed by atoms with Crippen LogP contribution in [0.1, 0.15) is 77.5 Å². The van der Waals surface area contributed by atoms with Crippen molar-refractivity contribution >= 4 is 11.6 Å². The standard InChI is InChI=1S/C21H27FO6.C13H21NO3/c1-18-6-5-12(24)7-11(18)3-4-13-14-8-15(25)21(28,17(27)10-23)19(14,2)9-16(26)20(13,18)22;1-13(2,3)14-7-12(17)9-4-5-11(16)10(6-9)8-15/h5-7,13-16,23,25-26,28H,3-4,8-10H2,1-2H3;4-6,12,14-17H,7-8H2,1-3H3/t13-,14-,15+,16-,18-,19-,20-,21-;/m0./s1. The number of phenols is 1. The van der Waals surface area contributed by atoms with Gasteiger partial charge in [-0.05, 0) is 89.1 Å². The van der Waals surface area contributed by atoms with Crippen molar-refractivity contribution in [2.75, 3.05) is 13.2 Å².